The fourth-order valence-corrected chi connectivity index (χ4v) is 2.49. The van der Waals surface area contributed by atoms with Crippen molar-refractivity contribution in [2.24, 2.45) is 0 Å². The molecule has 1 fully saturated rings. The first kappa shape index (κ1) is 17.3. The van der Waals surface area contributed by atoms with Crippen LogP contribution >= 0.6 is 0 Å². The largest absolute Gasteiger partial charge is 0.504 e. The highest BCUT2D eigenvalue weighted by atomic mass is 16.6. The number of amides is 1. The Hall–Kier alpha value is -3.03. The molecule has 0 bridgehead atoms. The minimum Gasteiger partial charge on any atom is -0.504 e. The van der Waals surface area contributed by atoms with Crippen molar-refractivity contribution in [2.75, 3.05) is 7.11 Å². The van der Waals surface area contributed by atoms with Gasteiger partial charge in [0.1, 0.15) is 11.3 Å². The lowest BCUT2D eigenvalue weighted by Crippen LogP contribution is -2.44. The predicted molar refractivity (Wildman–Crippen MR) is 84.3 cm³/mol. The van der Waals surface area contributed by atoms with Crippen molar-refractivity contribution in [1.82, 2.24) is 5.32 Å². The van der Waals surface area contributed by atoms with E-state index < -0.39 is 16.9 Å². The molecule has 1 aliphatic rings. The quantitative estimate of drug-likeness (QED) is 0.379. The maximum atomic E-state index is 12.5. The minimum atomic E-state index is -0.811. The third kappa shape index (κ3) is 3.83. The number of ketones is 2. The number of rotatable bonds is 5. The Bertz CT molecular complexity index is 725. The smallest absolute Gasteiger partial charge is 0.282 e. The summed E-state index contributed by atoms with van der Waals surface area (Å²) in [5.41, 5.74) is -0.228. The van der Waals surface area contributed by atoms with Crippen LogP contribution in [0.4, 0.5) is 5.69 Å². The molecule has 2 rings (SSSR count). The molecule has 1 aliphatic carbocycles. The van der Waals surface area contributed by atoms with E-state index in [0.717, 1.165) is 0 Å². The molecule has 0 saturated heterocycles. The third-order valence-electron chi connectivity index (χ3n) is 3.66. The number of methoxy groups -OCH3 is 1. The van der Waals surface area contributed by atoms with Crippen LogP contribution in [-0.2, 0) is 14.3 Å². The highest BCUT2D eigenvalue weighted by Gasteiger charge is 2.31. The van der Waals surface area contributed by atoms with Gasteiger partial charge in [0.05, 0.1) is 30.8 Å². The van der Waals surface area contributed by atoms with Gasteiger partial charge < -0.3 is 10.1 Å². The van der Waals surface area contributed by atoms with E-state index in [2.05, 4.69) is 5.32 Å². The van der Waals surface area contributed by atoms with Crippen LogP contribution in [0.5, 0.6) is 0 Å². The van der Waals surface area contributed by atoms with Gasteiger partial charge in [-0.1, -0.05) is 12.1 Å². The molecular weight excluding hydrogens is 316 g/mol. The van der Waals surface area contributed by atoms with Crippen LogP contribution in [0.15, 0.2) is 24.5 Å². The van der Waals surface area contributed by atoms with E-state index in [1.807, 2.05) is 0 Å². The number of benzene rings is 1. The molecule has 8 heteroatoms. The monoisotopic (exact) mass is 332 g/mol. The topological polar surface area (TPSA) is 116 Å². The molecule has 1 atom stereocenters. The first-order valence-electron chi connectivity index (χ1n) is 7.26. The van der Waals surface area contributed by atoms with Crippen molar-refractivity contribution < 1.29 is 24.0 Å². The van der Waals surface area contributed by atoms with Crippen molar-refractivity contribution in [3.05, 3.63) is 45.7 Å². The summed E-state index contributed by atoms with van der Waals surface area (Å²) in [7, 11) is 1.41. The van der Waals surface area contributed by atoms with E-state index in [-0.39, 0.29) is 42.1 Å². The average Bonchev–Trinajstić information content (AvgIpc) is 2.54. The van der Waals surface area contributed by atoms with E-state index in [1.54, 1.807) is 0 Å². The van der Waals surface area contributed by atoms with E-state index in [0.29, 0.717) is 5.56 Å². The molecule has 0 aliphatic heterocycles. The summed E-state index contributed by atoms with van der Waals surface area (Å²) in [6.45, 7) is 0. The predicted octanol–water partition coefficient (Wildman–Crippen LogP) is 1.63. The van der Waals surface area contributed by atoms with Gasteiger partial charge in [0.15, 0.2) is 5.78 Å². The summed E-state index contributed by atoms with van der Waals surface area (Å²) in [6, 6.07) is 3.39. The molecule has 1 amide bonds. The van der Waals surface area contributed by atoms with Crippen molar-refractivity contribution in [1.29, 1.82) is 0 Å². The van der Waals surface area contributed by atoms with Crippen molar-refractivity contribution >= 4 is 29.2 Å². The van der Waals surface area contributed by atoms with Gasteiger partial charge in [-0.05, 0) is 18.1 Å². The number of Topliss-reactive ketones (excluding diaryl/α,β-unsaturated/α-hetero) is 2. The summed E-state index contributed by atoms with van der Waals surface area (Å²) in [6.07, 6.45) is 2.89. The van der Waals surface area contributed by atoms with Crippen LogP contribution in [-0.4, -0.2) is 35.5 Å². The number of carbonyl (C=O) groups is 3. The zero-order chi connectivity index (χ0) is 17.7. The molecule has 126 valence electrons. The maximum Gasteiger partial charge on any atom is 0.282 e. The van der Waals surface area contributed by atoms with Crippen LogP contribution in [0.2, 0.25) is 0 Å². The summed E-state index contributed by atoms with van der Waals surface area (Å²) < 4.78 is 4.79. The molecular formula is C16H16N2O6. The Balaban J connectivity index is 2.33. The second-order valence-corrected chi connectivity index (χ2v) is 5.28. The highest BCUT2D eigenvalue weighted by molar-refractivity contribution is 6.08. The van der Waals surface area contributed by atoms with Crippen LogP contribution in [0.25, 0.3) is 6.08 Å². The summed E-state index contributed by atoms with van der Waals surface area (Å²) in [4.78, 5) is 46.2. The van der Waals surface area contributed by atoms with Gasteiger partial charge in [-0.3, -0.25) is 24.5 Å². The van der Waals surface area contributed by atoms with Crippen LogP contribution in [0.3, 0.4) is 0 Å². The molecule has 1 saturated carbocycles. The fourth-order valence-electron chi connectivity index (χ4n) is 2.49. The van der Waals surface area contributed by atoms with Crippen LogP contribution in [0.1, 0.15) is 35.2 Å². The number of ether oxygens (including phenoxy) is 1. The van der Waals surface area contributed by atoms with Gasteiger partial charge >= 0.3 is 0 Å². The second-order valence-electron chi connectivity index (χ2n) is 5.28. The summed E-state index contributed by atoms with van der Waals surface area (Å²) >= 11 is 0. The molecule has 1 aromatic carbocycles. The van der Waals surface area contributed by atoms with Gasteiger partial charge in [-0.2, -0.15) is 0 Å². The van der Waals surface area contributed by atoms with Gasteiger partial charge in [0.2, 0.25) is 0 Å². The second kappa shape index (κ2) is 7.49. The fraction of sp³-hybridized carbons (Fsp3) is 0.312. The third-order valence-corrected chi connectivity index (χ3v) is 3.66. The summed E-state index contributed by atoms with van der Waals surface area (Å²) in [5.74, 6) is -1.28. The minimum absolute atomic E-state index is 0.152. The average molecular weight is 332 g/mol. The van der Waals surface area contributed by atoms with Gasteiger partial charge in [0.25, 0.3) is 11.6 Å². The maximum absolute atomic E-state index is 12.5. The van der Waals surface area contributed by atoms with Gasteiger partial charge in [0, 0.05) is 12.5 Å². The number of carbonyl (C=O) groups excluding carboxylic acids is 3. The highest BCUT2D eigenvalue weighted by Crippen LogP contribution is 2.24. The summed E-state index contributed by atoms with van der Waals surface area (Å²) in [5, 5.41) is 13.7. The zero-order valence-electron chi connectivity index (χ0n) is 13.0. The molecule has 24 heavy (non-hydrogen) atoms. The molecule has 0 spiro atoms. The van der Waals surface area contributed by atoms with Crippen molar-refractivity contribution in [3.8, 4) is 0 Å². The number of hydrogen-bond donors (Lipinski definition) is 1. The molecule has 0 aromatic heterocycles. The van der Waals surface area contributed by atoms with Crippen molar-refractivity contribution in [2.45, 2.75) is 25.3 Å². The first-order chi connectivity index (χ1) is 11.4. The number of nitrogens with zero attached hydrogens (tertiary/aromatic N) is 1. The van der Waals surface area contributed by atoms with Crippen LogP contribution < -0.4 is 5.32 Å². The lowest BCUT2D eigenvalue weighted by atomic mass is 9.92. The first-order valence-corrected chi connectivity index (χ1v) is 7.26. The van der Waals surface area contributed by atoms with E-state index in [9.17, 15) is 24.5 Å². The normalized spacial score (nSPS) is 17.8. The standard InChI is InChI=1S/C16H16N2O6/c1-24-8-7-10-3-2-4-13(18(22)23)15(10)16(21)17-12-6-5-11(19)9-14(12)20/h2-4,7-8,12H,5-6,9H2,1H3,(H,17,21)/b8-7+. The lowest BCUT2D eigenvalue weighted by molar-refractivity contribution is -0.385. The van der Waals surface area contributed by atoms with Crippen LogP contribution in [0, 0.1) is 10.1 Å². The van der Waals surface area contributed by atoms with Crippen molar-refractivity contribution in [3.63, 3.8) is 0 Å². The molecule has 8 nitrogen and oxygen atoms in total. The Labute approximate surface area is 137 Å². The lowest BCUT2D eigenvalue weighted by Gasteiger charge is -2.21. The molecule has 1 unspecified atom stereocenters. The SMILES string of the molecule is CO/C=C/c1cccc([N+](=O)[O-])c1C(=O)NC1CCC(=O)CC1=O. The number of nitro groups is 1. The number of hydrogen-bond acceptors (Lipinski definition) is 6. The van der Waals surface area contributed by atoms with E-state index in [4.69, 9.17) is 4.74 Å². The Morgan fingerprint density at radius 2 is 2.17 bits per heavy atom. The Morgan fingerprint density at radius 1 is 1.42 bits per heavy atom. The molecule has 1 aromatic rings. The van der Waals surface area contributed by atoms with Gasteiger partial charge in [-0.25, -0.2) is 0 Å². The number of nitro benzene ring substituents is 1. The zero-order valence-corrected chi connectivity index (χ0v) is 13.0. The molecule has 1 N–H and O–H groups in total. The molecule has 0 heterocycles. The van der Waals surface area contributed by atoms with E-state index in [1.165, 1.54) is 37.6 Å². The van der Waals surface area contributed by atoms with Gasteiger partial charge in [-0.15, -0.1) is 0 Å². The molecule has 0 radical (unpaired) electrons. The van der Waals surface area contributed by atoms with E-state index >= 15 is 0 Å². The number of nitrogens with one attached hydrogen (secondary N) is 1. The Kier molecular flexibility index (Phi) is 5.41. The Morgan fingerprint density at radius 3 is 2.79 bits per heavy atom.